The first-order valence-electron chi connectivity index (χ1n) is 9.78. The van der Waals surface area contributed by atoms with Gasteiger partial charge in [-0.3, -0.25) is 4.79 Å². The highest BCUT2D eigenvalue weighted by atomic mass is 32.2. The first kappa shape index (κ1) is 19.4. The van der Waals surface area contributed by atoms with Gasteiger partial charge in [-0.25, -0.2) is 14.6 Å². The van der Waals surface area contributed by atoms with Gasteiger partial charge < -0.3 is 10.2 Å². The van der Waals surface area contributed by atoms with E-state index in [1.807, 2.05) is 47.5 Å². The lowest BCUT2D eigenvalue weighted by molar-refractivity contribution is -0.116. The van der Waals surface area contributed by atoms with Crippen molar-refractivity contribution in [2.24, 2.45) is 0 Å². The number of fused-ring (bicyclic) bond motifs is 1. The molecular weight excluding hydrogens is 384 g/mol. The van der Waals surface area contributed by atoms with Gasteiger partial charge in [0.2, 0.25) is 5.91 Å². The molecule has 29 heavy (non-hydrogen) atoms. The van der Waals surface area contributed by atoms with Gasteiger partial charge in [-0.05, 0) is 30.7 Å². The molecule has 1 aliphatic rings. The van der Waals surface area contributed by atoms with Crippen molar-refractivity contribution in [1.82, 2.24) is 25.1 Å². The molecule has 4 rings (SSSR count). The number of aromatic nitrogens is 4. The molecule has 1 fully saturated rings. The summed E-state index contributed by atoms with van der Waals surface area (Å²) in [5.41, 5.74) is 1.82. The molecule has 0 unspecified atom stereocenters. The minimum Gasteiger partial charge on any atom is -0.356 e. The van der Waals surface area contributed by atoms with E-state index < -0.39 is 0 Å². The Labute approximate surface area is 174 Å². The SMILES string of the molecule is CSc1nc(N2CCCC2)c2cnn(CCNC(=O)C=Cc3ccccc3)c2n1. The standard InChI is InChI=1S/C21H24N6OS/c1-29-21-24-19(26-12-5-6-13-26)17-15-23-27(20(17)25-21)14-11-22-18(28)10-9-16-7-3-2-4-8-16/h2-4,7-10,15H,5-6,11-14H2,1H3,(H,22,28). The van der Waals surface area contributed by atoms with Gasteiger partial charge in [-0.2, -0.15) is 5.10 Å². The second-order valence-electron chi connectivity index (χ2n) is 6.87. The monoisotopic (exact) mass is 408 g/mol. The van der Waals surface area contributed by atoms with Crippen LogP contribution in [-0.4, -0.2) is 51.5 Å². The molecule has 0 radical (unpaired) electrons. The zero-order valence-electron chi connectivity index (χ0n) is 16.4. The van der Waals surface area contributed by atoms with Crippen LogP contribution < -0.4 is 10.2 Å². The Bertz CT molecular complexity index is 1010. The van der Waals surface area contributed by atoms with Gasteiger partial charge in [-0.1, -0.05) is 42.1 Å². The molecule has 3 aromatic rings. The van der Waals surface area contributed by atoms with Gasteiger partial charge >= 0.3 is 0 Å². The molecule has 1 saturated heterocycles. The summed E-state index contributed by atoms with van der Waals surface area (Å²) in [7, 11) is 0. The fourth-order valence-corrected chi connectivity index (χ4v) is 3.78. The summed E-state index contributed by atoms with van der Waals surface area (Å²) in [4.78, 5) is 23.8. The van der Waals surface area contributed by atoms with Crippen molar-refractivity contribution in [2.45, 2.75) is 24.5 Å². The Balaban J connectivity index is 1.43. The van der Waals surface area contributed by atoms with Crippen molar-refractivity contribution in [1.29, 1.82) is 0 Å². The van der Waals surface area contributed by atoms with E-state index in [-0.39, 0.29) is 5.91 Å². The lowest BCUT2D eigenvalue weighted by Crippen LogP contribution is -2.26. The van der Waals surface area contributed by atoms with E-state index in [0.717, 1.165) is 40.7 Å². The van der Waals surface area contributed by atoms with Crippen LogP contribution in [0, 0.1) is 0 Å². The maximum absolute atomic E-state index is 12.1. The number of nitrogens with one attached hydrogen (secondary N) is 1. The zero-order chi connectivity index (χ0) is 20.1. The van der Waals surface area contributed by atoms with Crippen LogP contribution in [0.2, 0.25) is 0 Å². The molecule has 0 bridgehead atoms. The predicted molar refractivity (Wildman–Crippen MR) is 117 cm³/mol. The lowest BCUT2D eigenvalue weighted by atomic mass is 10.2. The minimum atomic E-state index is -0.123. The van der Waals surface area contributed by atoms with Crippen molar-refractivity contribution in [3.63, 3.8) is 0 Å². The second-order valence-corrected chi connectivity index (χ2v) is 7.64. The Morgan fingerprint density at radius 2 is 2.00 bits per heavy atom. The third kappa shape index (κ3) is 4.59. The maximum atomic E-state index is 12.1. The van der Waals surface area contributed by atoms with E-state index in [4.69, 9.17) is 4.98 Å². The predicted octanol–water partition coefficient (Wildman–Crippen LogP) is 2.98. The Hall–Kier alpha value is -2.87. The molecule has 0 spiro atoms. The van der Waals surface area contributed by atoms with Gasteiger partial charge in [0.15, 0.2) is 10.8 Å². The molecular formula is C21H24N6OS. The molecule has 1 amide bonds. The zero-order valence-corrected chi connectivity index (χ0v) is 17.2. The van der Waals surface area contributed by atoms with Crippen LogP contribution in [0.3, 0.4) is 0 Å². The summed E-state index contributed by atoms with van der Waals surface area (Å²) in [6.07, 6.45) is 9.56. The molecule has 150 valence electrons. The van der Waals surface area contributed by atoms with Gasteiger partial charge in [0.05, 0.1) is 18.1 Å². The molecule has 8 heteroatoms. The molecule has 1 aliphatic heterocycles. The van der Waals surface area contributed by atoms with E-state index in [1.54, 1.807) is 12.2 Å². The van der Waals surface area contributed by atoms with Crippen LogP contribution in [0.25, 0.3) is 17.1 Å². The largest absolute Gasteiger partial charge is 0.356 e. The number of nitrogens with zero attached hydrogens (tertiary/aromatic N) is 5. The number of amides is 1. The van der Waals surface area contributed by atoms with E-state index in [2.05, 4.69) is 20.3 Å². The third-order valence-electron chi connectivity index (χ3n) is 4.89. The van der Waals surface area contributed by atoms with Crippen LogP contribution in [0.5, 0.6) is 0 Å². The number of thioether (sulfide) groups is 1. The molecule has 2 aromatic heterocycles. The summed E-state index contributed by atoms with van der Waals surface area (Å²) in [5, 5.41) is 9.13. The first-order chi connectivity index (χ1) is 14.2. The maximum Gasteiger partial charge on any atom is 0.244 e. The second kappa shape index (κ2) is 9.09. The summed E-state index contributed by atoms with van der Waals surface area (Å²) >= 11 is 1.53. The molecule has 0 atom stereocenters. The van der Waals surface area contributed by atoms with Gasteiger partial charge in [-0.15, -0.1) is 0 Å². The van der Waals surface area contributed by atoms with E-state index in [1.165, 1.54) is 24.6 Å². The van der Waals surface area contributed by atoms with Crippen LogP contribution in [-0.2, 0) is 11.3 Å². The Morgan fingerprint density at radius 1 is 1.21 bits per heavy atom. The molecule has 1 aromatic carbocycles. The van der Waals surface area contributed by atoms with Crippen molar-refractivity contribution in [3.8, 4) is 0 Å². The van der Waals surface area contributed by atoms with Gasteiger partial charge in [0, 0.05) is 25.7 Å². The number of hydrogen-bond donors (Lipinski definition) is 1. The van der Waals surface area contributed by atoms with E-state index >= 15 is 0 Å². The molecule has 0 saturated carbocycles. The number of carbonyl (C=O) groups excluding carboxylic acids is 1. The van der Waals surface area contributed by atoms with Crippen LogP contribution in [0.4, 0.5) is 5.82 Å². The number of rotatable bonds is 7. The van der Waals surface area contributed by atoms with Crippen molar-refractivity contribution in [2.75, 3.05) is 30.8 Å². The summed E-state index contributed by atoms with van der Waals surface area (Å²) in [6.45, 7) is 3.08. The number of carbonyl (C=O) groups is 1. The highest BCUT2D eigenvalue weighted by molar-refractivity contribution is 7.98. The minimum absolute atomic E-state index is 0.123. The quantitative estimate of drug-likeness (QED) is 0.368. The number of benzene rings is 1. The number of anilines is 1. The normalized spacial score (nSPS) is 14.2. The topological polar surface area (TPSA) is 75.9 Å². The van der Waals surface area contributed by atoms with E-state index in [0.29, 0.717) is 13.1 Å². The molecule has 1 N–H and O–H groups in total. The fraction of sp³-hybridized carbons (Fsp3) is 0.333. The van der Waals surface area contributed by atoms with Crippen molar-refractivity contribution >= 4 is 40.6 Å². The van der Waals surface area contributed by atoms with E-state index in [9.17, 15) is 4.79 Å². The fourth-order valence-electron chi connectivity index (χ4n) is 3.43. The van der Waals surface area contributed by atoms with Crippen LogP contribution in [0.1, 0.15) is 18.4 Å². The summed E-state index contributed by atoms with van der Waals surface area (Å²) < 4.78 is 1.84. The lowest BCUT2D eigenvalue weighted by Gasteiger charge is -2.17. The Morgan fingerprint density at radius 3 is 2.76 bits per heavy atom. The summed E-state index contributed by atoms with van der Waals surface area (Å²) in [6, 6.07) is 9.76. The third-order valence-corrected chi connectivity index (χ3v) is 5.44. The molecule has 7 nitrogen and oxygen atoms in total. The Kier molecular flexibility index (Phi) is 6.09. The van der Waals surface area contributed by atoms with Crippen molar-refractivity contribution < 1.29 is 4.79 Å². The highest BCUT2D eigenvalue weighted by Crippen LogP contribution is 2.28. The first-order valence-corrected chi connectivity index (χ1v) is 11.0. The molecule has 3 heterocycles. The highest BCUT2D eigenvalue weighted by Gasteiger charge is 2.20. The van der Waals surface area contributed by atoms with Crippen LogP contribution in [0.15, 0.2) is 47.8 Å². The van der Waals surface area contributed by atoms with Gasteiger partial charge in [0.25, 0.3) is 0 Å². The average Bonchev–Trinajstić information content (AvgIpc) is 3.43. The van der Waals surface area contributed by atoms with Crippen LogP contribution >= 0.6 is 11.8 Å². The average molecular weight is 409 g/mol. The van der Waals surface area contributed by atoms with Crippen molar-refractivity contribution in [3.05, 3.63) is 48.2 Å². The summed E-state index contributed by atoms with van der Waals surface area (Å²) in [5.74, 6) is 0.848. The molecule has 0 aliphatic carbocycles. The smallest absolute Gasteiger partial charge is 0.244 e. The number of hydrogen-bond acceptors (Lipinski definition) is 6. The van der Waals surface area contributed by atoms with Gasteiger partial charge in [0.1, 0.15) is 5.82 Å².